The smallest absolute Gasteiger partial charge is 0.251 e. The average molecular weight is 242 g/mol. The predicted octanol–water partition coefficient (Wildman–Crippen LogP) is 1.26. The van der Waals surface area contributed by atoms with Crippen molar-refractivity contribution in [3.8, 4) is 0 Å². The summed E-state index contributed by atoms with van der Waals surface area (Å²) in [6.45, 7) is 8.79. The minimum absolute atomic E-state index is 0.106. The van der Waals surface area contributed by atoms with Gasteiger partial charge in [0, 0.05) is 26.2 Å². The van der Waals surface area contributed by atoms with Gasteiger partial charge in [-0.05, 0) is 32.2 Å². The van der Waals surface area contributed by atoms with Crippen LogP contribution < -0.4 is 5.32 Å². The number of methoxy groups -OCH3 is 1. The normalized spacial score (nSPS) is 21.8. The summed E-state index contributed by atoms with van der Waals surface area (Å²) < 4.78 is 5.13. The zero-order chi connectivity index (χ0) is 12.8. The molecule has 0 bridgehead atoms. The Bertz CT molecular complexity index is 238. The Morgan fingerprint density at radius 2 is 2.18 bits per heavy atom. The Morgan fingerprint density at radius 1 is 1.47 bits per heavy atom. The summed E-state index contributed by atoms with van der Waals surface area (Å²) in [4.78, 5) is 14.1. The van der Waals surface area contributed by atoms with E-state index < -0.39 is 0 Å². The summed E-state index contributed by atoms with van der Waals surface area (Å²) in [5.41, 5.74) is 0. The summed E-state index contributed by atoms with van der Waals surface area (Å²) in [6, 6.07) is 0.460. The summed E-state index contributed by atoms with van der Waals surface area (Å²) in [6.07, 6.45) is 2.05. The van der Waals surface area contributed by atoms with Gasteiger partial charge in [-0.1, -0.05) is 13.8 Å². The van der Waals surface area contributed by atoms with Gasteiger partial charge in [-0.25, -0.2) is 0 Å². The number of carbonyl (C=O) groups excluding carboxylic acids is 1. The molecule has 0 radical (unpaired) electrons. The lowest BCUT2D eigenvalue weighted by molar-refractivity contribution is -0.141. The molecule has 0 spiro atoms. The molecule has 17 heavy (non-hydrogen) atoms. The van der Waals surface area contributed by atoms with Crippen LogP contribution in [0, 0.1) is 5.92 Å². The molecule has 0 aromatic carbocycles. The second-order valence-electron chi connectivity index (χ2n) is 5.31. The number of hydrogen-bond acceptors (Lipinski definition) is 3. The van der Waals surface area contributed by atoms with Crippen LogP contribution in [-0.4, -0.2) is 49.7 Å². The van der Waals surface area contributed by atoms with Gasteiger partial charge in [-0.2, -0.15) is 0 Å². The molecule has 0 aromatic heterocycles. The van der Waals surface area contributed by atoms with E-state index in [9.17, 15) is 4.79 Å². The number of amides is 1. The zero-order valence-electron chi connectivity index (χ0n) is 11.5. The molecule has 4 nitrogen and oxygen atoms in total. The first-order chi connectivity index (χ1) is 8.04. The van der Waals surface area contributed by atoms with Crippen LogP contribution in [0.15, 0.2) is 0 Å². The van der Waals surface area contributed by atoms with Gasteiger partial charge in [0.15, 0.2) is 0 Å². The van der Waals surface area contributed by atoms with Gasteiger partial charge in [-0.3, -0.25) is 4.79 Å². The molecule has 4 heteroatoms. The SMILES string of the molecule is COC(C)C(=O)N(CC(C)C)CC1CCCN1. The van der Waals surface area contributed by atoms with Crippen molar-refractivity contribution >= 4 is 5.91 Å². The molecular weight excluding hydrogens is 216 g/mol. The van der Waals surface area contributed by atoms with Crippen molar-refractivity contribution in [3.63, 3.8) is 0 Å². The summed E-state index contributed by atoms with van der Waals surface area (Å²) in [7, 11) is 1.59. The molecule has 0 aliphatic carbocycles. The fourth-order valence-corrected chi connectivity index (χ4v) is 2.23. The van der Waals surface area contributed by atoms with E-state index in [1.807, 2.05) is 11.8 Å². The standard InChI is InChI=1S/C13H26N2O2/c1-10(2)8-15(13(16)11(3)17-4)9-12-6-5-7-14-12/h10-12,14H,5-9H2,1-4H3. The van der Waals surface area contributed by atoms with Gasteiger partial charge >= 0.3 is 0 Å². The summed E-state index contributed by atoms with van der Waals surface area (Å²) in [5.74, 6) is 0.597. The highest BCUT2D eigenvalue weighted by atomic mass is 16.5. The van der Waals surface area contributed by atoms with Crippen LogP contribution in [0.4, 0.5) is 0 Å². The monoisotopic (exact) mass is 242 g/mol. The highest BCUT2D eigenvalue weighted by Gasteiger charge is 2.25. The second kappa shape index (κ2) is 6.97. The van der Waals surface area contributed by atoms with E-state index in [4.69, 9.17) is 4.74 Å². The van der Waals surface area contributed by atoms with Crippen LogP contribution in [0.2, 0.25) is 0 Å². The first kappa shape index (κ1) is 14.5. The van der Waals surface area contributed by atoms with Gasteiger partial charge in [0.1, 0.15) is 6.10 Å². The van der Waals surface area contributed by atoms with Crippen molar-refractivity contribution < 1.29 is 9.53 Å². The van der Waals surface area contributed by atoms with Crippen molar-refractivity contribution in [2.75, 3.05) is 26.7 Å². The maximum atomic E-state index is 12.2. The minimum atomic E-state index is -0.338. The van der Waals surface area contributed by atoms with Crippen LogP contribution >= 0.6 is 0 Å². The van der Waals surface area contributed by atoms with Gasteiger partial charge in [0.05, 0.1) is 0 Å². The Kier molecular flexibility index (Phi) is 5.92. The first-order valence-electron chi connectivity index (χ1n) is 6.59. The number of ether oxygens (including phenoxy) is 1. The maximum Gasteiger partial charge on any atom is 0.251 e. The molecular formula is C13H26N2O2. The highest BCUT2D eigenvalue weighted by molar-refractivity contribution is 5.80. The second-order valence-corrected chi connectivity index (χ2v) is 5.31. The zero-order valence-corrected chi connectivity index (χ0v) is 11.5. The van der Waals surface area contributed by atoms with Gasteiger partial charge in [-0.15, -0.1) is 0 Å². The van der Waals surface area contributed by atoms with Crippen LogP contribution in [0.25, 0.3) is 0 Å². The first-order valence-corrected chi connectivity index (χ1v) is 6.59. The lowest BCUT2D eigenvalue weighted by Gasteiger charge is -2.29. The predicted molar refractivity (Wildman–Crippen MR) is 68.9 cm³/mol. The molecule has 1 rings (SSSR count). The molecule has 1 saturated heterocycles. The van der Waals surface area contributed by atoms with Crippen molar-refractivity contribution in [1.29, 1.82) is 0 Å². The Hall–Kier alpha value is -0.610. The van der Waals surface area contributed by atoms with E-state index in [1.54, 1.807) is 7.11 Å². The number of hydrogen-bond donors (Lipinski definition) is 1. The third-order valence-electron chi connectivity index (χ3n) is 3.20. The van der Waals surface area contributed by atoms with Gasteiger partial charge in [0.25, 0.3) is 5.91 Å². The molecule has 1 aliphatic rings. The summed E-state index contributed by atoms with van der Waals surface area (Å²) >= 11 is 0. The van der Waals surface area contributed by atoms with Crippen LogP contribution in [0.3, 0.4) is 0 Å². The molecule has 1 N–H and O–H groups in total. The number of nitrogens with zero attached hydrogens (tertiary/aromatic N) is 1. The van der Waals surface area contributed by atoms with Crippen molar-refractivity contribution in [3.05, 3.63) is 0 Å². The van der Waals surface area contributed by atoms with Gasteiger partial charge in [0.2, 0.25) is 0 Å². The molecule has 0 aromatic rings. The van der Waals surface area contributed by atoms with Gasteiger partial charge < -0.3 is 15.0 Å². The summed E-state index contributed by atoms with van der Waals surface area (Å²) in [5, 5.41) is 3.44. The third-order valence-corrected chi connectivity index (χ3v) is 3.20. The van der Waals surface area contributed by atoms with Crippen molar-refractivity contribution in [2.24, 2.45) is 5.92 Å². The number of rotatable bonds is 6. The fraction of sp³-hybridized carbons (Fsp3) is 0.923. The molecule has 0 saturated carbocycles. The third kappa shape index (κ3) is 4.64. The topological polar surface area (TPSA) is 41.6 Å². The fourth-order valence-electron chi connectivity index (χ4n) is 2.23. The van der Waals surface area contributed by atoms with Crippen LogP contribution in [0.5, 0.6) is 0 Å². The van der Waals surface area contributed by atoms with E-state index in [2.05, 4.69) is 19.2 Å². The maximum absolute atomic E-state index is 12.2. The average Bonchev–Trinajstić information content (AvgIpc) is 2.78. The van der Waals surface area contributed by atoms with E-state index in [1.165, 1.54) is 12.8 Å². The number of nitrogens with one attached hydrogen (secondary N) is 1. The van der Waals surface area contributed by atoms with E-state index in [0.29, 0.717) is 12.0 Å². The van der Waals surface area contributed by atoms with E-state index in [0.717, 1.165) is 19.6 Å². The molecule has 1 aliphatic heterocycles. The highest BCUT2D eigenvalue weighted by Crippen LogP contribution is 2.10. The molecule has 2 unspecified atom stereocenters. The van der Waals surface area contributed by atoms with Crippen molar-refractivity contribution in [2.45, 2.75) is 45.8 Å². The Morgan fingerprint density at radius 3 is 2.65 bits per heavy atom. The van der Waals surface area contributed by atoms with Crippen molar-refractivity contribution in [1.82, 2.24) is 10.2 Å². The molecule has 2 atom stereocenters. The lowest BCUT2D eigenvalue weighted by Crippen LogP contribution is -2.46. The largest absolute Gasteiger partial charge is 0.372 e. The number of carbonyl (C=O) groups is 1. The quantitative estimate of drug-likeness (QED) is 0.762. The Labute approximate surface area is 105 Å². The molecule has 1 heterocycles. The minimum Gasteiger partial charge on any atom is -0.372 e. The Balaban J connectivity index is 2.55. The van der Waals surface area contributed by atoms with E-state index in [-0.39, 0.29) is 12.0 Å². The lowest BCUT2D eigenvalue weighted by atomic mass is 10.1. The van der Waals surface area contributed by atoms with Crippen LogP contribution in [-0.2, 0) is 9.53 Å². The molecule has 100 valence electrons. The molecule has 1 fully saturated rings. The molecule has 1 amide bonds. The van der Waals surface area contributed by atoms with Crippen LogP contribution in [0.1, 0.15) is 33.6 Å². The van der Waals surface area contributed by atoms with E-state index >= 15 is 0 Å².